The maximum atomic E-state index is 12.4. The lowest BCUT2D eigenvalue weighted by molar-refractivity contribution is -0.0366. The standard InChI is InChI=1S/C18H29N3O/c1-17(2)12-15(13-18(3,4)21(17)11-10-19)20-16(22)14-8-6-5-7-9-14/h5-9,15H,10-13,19H2,1-4H3,(H,20,22). The zero-order valence-corrected chi connectivity index (χ0v) is 14.2. The fraction of sp³-hybridized carbons (Fsp3) is 0.611. The third-order valence-corrected chi connectivity index (χ3v) is 4.68. The molecule has 1 amide bonds. The van der Waals surface area contributed by atoms with Crippen LogP contribution in [0.15, 0.2) is 30.3 Å². The lowest BCUT2D eigenvalue weighted by Crippen LogP contribution is -2.65. The summed E-state index contributed by atoms with van der Waals surface area (Å²) in [4.78, 5) is 14.9. The number of nitrogens with zero attached hydrogens (tertiary/aromatic N) is 1. The summed E-state index contributed by atoms with van der Waals surface area (Å²) in [6, 6.07) is 9.62. The predicted molar refractivity (Wildman–Crippen MR) is 90.8 cm³/mol. The van der Waals surface area contributed by atoms with E-state index in [-0.39, 0.29) is 23.0 Å². The number of piperidine rings is 1. The topological polar surface area (TPSA) is 58.4 Å². The van der Waals surface area contributed by atoms with Gasteiger partial charge in [0.1, 0.15) is 0 Å². The lowest BCUT2D eigenvalue weighted by Gasteiger charge is -2.55. The molecule has 1 heterocycles. The molecule has 0 aliphatic carbocycles. The maximum absolute atomic E-state index is 12.4. The quantitative estimate of drug-likeness (QED) is 0.898. The number of hydrogen-bond donors (Lipinski definition) is 2. The fourth-order valence-corrected chi connectivity index (χ4v) is 4.01. The molecule has 0 radical (unpaired) electrons. The van der Waals surface area contributed by atoms with Crippen LogP contribution in [-0.2, 0) is 0 Å². The van der Waals surface area contributed by atoms with Crippen LogP contribution >= 0.6 is 0 Å². The molecule has 3 N–H and O–H groups in total. The molecule has 122 valence electrons. The lowest BCUT2D eigenvalue weighted by atomic mass is 9.77. The molecule has 0 atom stereocenters. The Bertz CT molecular complexity index is 492. The first-order valence-corrected chi connectivity index (χ1v) is 8.10. The van der Waals surface area contributed by atoms with Crippen LogP contribution in [0.5, 0.6) is 0 Å². The SMILES string of the molecule is CC1(C)CC(NC(=O)c2ccccc2)CC(C)(C)N1CCN. The van der Waals surface area contributed by atoms with E-state index in [0.717, 1.165) is 24.9 Å². The molecule has 4 heteroatoms. The minimum atomic E-state index is 0.0180. The molecular weight excluding hydrogens is 274 g/mol. The summed E-state index contributed by atoms with van der Waals surface area (Å²) in [6.07, 6.45) is 1.88. The van der Waals surface area contributed by atoms with Crippen molar-refractivity contribution >= 4 is 5.91 Å². The molecule has 1 aliphatic rings. The van der Waals surface area contributed by atoms with Gasteiger partial charge in [-0.3, -0.25) is 9.69 Å². The van der Waals surface area contributed by atoms with Crippen molar-refractivity contribution in [3.63, 3.8) is 0 Å². The zero-order valence-electron chi connectivity index (χ0n) is 14.2. The summed E-state index contributed by atoms with van der Waals surface area (Å²) in [5, 5.41) is 3.21. The second-order valence-electron chi connectivity index (χ2n) is 7.51. The first kappa shape index (κ1) is 17.0. The highest BCUT2D eigenvalue weighted by Crippen LogP contribution is 2.38. The van der Waals surface area contributed by atoms with Gasteiger partial charge < -0.3 is 11.1 Å². The summed E-state index contributed by atoms with van der Waals surface area (Å²) in [7, 11) is 0. The van der Waals surface area contributed by atoms with Crippen LogP contribution in [0.3, 0.4) is 0 Å². The molecule has 0 unspecified atom stereocenters. The van der Waals surface area contributed by atoms with E-state index < -0.39 is 0 Å². The molecule has 2 rings (SSSR count). The van der Waals surface area contributed by atoms with Gasteiger partial charge in [-0.1, -0.05) is 18.2 Å². The maximum Gasteiger partial charge on any atom is 0.251 e. The van der Waals surface area contributed by atoms with Gasteiger partial charge in [0.2, 0.25) is 0 Å². The van der Waals surface area contributed by atoms with E-state index in [2.05, 4.69) is 37.9 Å². The number of carbonyl (C=O) groups is 1. The Morgan fingerprint density at radius 3 is 2.23 bits per heavy atom. The normalized spacial score (nSPS) is 21.5. The molecule has 1 fully saturated rings. The Labute approximate surface area is 134 Å². The van der Waals surface area contributed by atoms with Gasteiger partial charge >= 0.3 is 0 Å². The van der Waals surface area contributed by atoms with E-state index in [4.69, 9.17) is 5.73 Å². The highest BCUT2D eigenvalue weighted by atomic mass is 16.1. The van der Waals surface area contributed by atoms with E-state index in [1.54, 1.807) is 0 Å². The van der Waals surface area contributed by atoms with Crippen molar-refractivity contribution < 1.29 is 4.79 Å². The number of likely N-dealkylation sites (tertiary alicyclic amines) is 1. The molecule has 1 aromatic rings. The van der Waals surface area contributed by atoms with E-state index >= 15 is 0 Å². The summed E-state index contributed by atoms with van der Waals surface area (Å²) in [6.45, 7) is 10.5. The summed E-state index contributed by atoms with van der Waals surface area (Å²) < 4.78 is 0. The number of benzene rings is 1. The summed E-state index contributed by atoms with van der Waals surface area (Å²) in [5.74, 6) is 0.0180. The molecule has 4 nitrogen and oxygen atoms in total. The van der Waals surface area contributed by atoms with Crippen molar-refractivity contribution in [1.29, 1.82) is 0 Å². The van der Waals surface area contributed by atoms with Crippen LogP contribution in [0, 0.1) is 0 Å². The number of nitrogens with two attached hydrogens (primary N) is 1. The van der Waals surface area contributed by atoms with Crippen LogP contribution in [0.2, 0.25) is 0 Å². The van der Waals surface area contributed by atoms with Crippen LogP contribution in [-0.4, -0.2) is 41.0 Å². The molecule has 1 aliphatic heterocycles. The van der Waals surface area contributed by atoms with Crippen LogP contribution < -0.4 is 11.1 Å². The average molecular weight is 303 g/mol. The second-order valence-corrected chi connectivity index (χ2v) is 7.51. The van der Waals surface area contributed by atoms with Crippen molar-refractivity contribution in [2.45, 2.75) is 57.7 Å². The summed E-state index contributed by atoms with van der Waals surface area (Å²) in [5.41, 5.74) is 6.55. The van der Waals surface area contributed by atoms with E-state index in [0.29, 0.717) is 6.54 Å². The Hall–Kier alpha value is -1.39. The number of carbonyl (C=O) groups excluding carboxylic acids is 1. The molecule has 1 saturated heterocycles. The van der Waals surface area contributed by atoms with Crippen molar-refractivity contribution in [2.24, 2.45) is 5.73 Å². The van der Waals surface area contributed by atoms with Gasteiger partial charge in [0.15, 0.2) is 0 Å². The Morgan fingerprint density at radius 1 is 1.18 bits per heavy atom. The van der Waals surface area contributed by atoms with Gasteiger partial charge in [-0.25, -0.2) is 0 Å². The van der Waals surface area contributed by atoms with E-state index in [1.807, 2.05) is 30.3 Å². The number of rotatable bonds is 4. The largest absolute Gasteiger partial charge is 0.349 e. The van der Waals surface area contributed by atoms with E-state index in [1.165, 1.54) is 0 Å². The molecule has 0 saturated carbocycles. The van der Waals surface area contributed by atoms with Gasteiger partial charge in [-0.05, 0) is 52.7 Å². The number of amides is 1. The third kappa shape index (κ3) is 3.68. The van der Waals surface area contributed by atoms with Gasteiger partial charge in [0.25, 0.3) is 5.91 Å². The summed E-state index contributed by atoms with van der Waals surface area (Å²) >= 11 is 0. The monoisotopic (exact) mass is 303 g/mol. The van der Waals surface area contributed by atoms with Crippen molar-refractivity contribution in [2.75, 3.05) is 13.1 Å². The van der Waals surface area contributed by atoms with Gasteiger partial charge in [-0.15, -0.1) is 0 Å². The third-order valence-electron chi connectivity index (χ3n) is 4.68. The van der Waals surface area contributed by atoms with Crippen LogP contribution in [0.1, 0.15) is 50.9 Å². The average Bonchev–Trinajstić information content (AvgIpc) is 2.43. The van der Waals surface area contributed by atoms with Crippen LogP contribution in [0.4, 0.5) is 0 Å². The molecule has 0 bridgehead atoms. The molecule has 0 spiro atoms. The predicted octanol–water partition coefficient (Wildman–Crippen LogP) is 2.40. The Kier molecular flexibility index (Phi) is 4.93. The Balaban J connectivity index is 2.10. The molecule has 1 aromatic carbocycles. The fourth-order valence-electron chi connectivity index (χ4n) is 4.01. The smallest absolute Gasteiger partial charge is 0.251 e. The number of nitrogens with one attached hydrogen (secondary N) is 1. The van der Waals surface area contributed by atoms with Crippen LogP contribution in [0.25, 0.3) is 0 Å². The van der Waals surface area contributed by atoms with Crippen molar-refractivity contribution in [3.8, 4) is 0 Å². The molecular formula is C18H29N3O. The number of hydrogen-bond acceptors (Lipinski definition) is 3. The minimum Gasteiger partial charge on any atom is -0.349 e. The minimum absolute atomic E-state index is 0.0180. The molecule has 22 heavy (non-hydrogen) atoms. The van der Waals surface area contributed by atoms with Crippen molar-refractivity contribution in [3.05, 3.63) is 35.9 Å². The first-order valence-electron chi connectivity index (χ1n) is 8.10. The van der Waals surface area contributed by atoms with Crippen molar-refractivity contribution in [1.82, 2.24) is 10.2 Å². The Morgan fingerprint density at radius 2 is 1.73 bits per heavy atom. The van der Waals surface area contributed by atoms with Gasteiger partial charge in [0, 0.05) is 35.8 Å². The highest BCUT2D eigenvalue weighted by Gasteiger charge is 2.45. The second kappa shape index (κ2) is 6.39. The van der Waals surface area contributed by atoms with E-state index in [9.17, 15) is 4.79 Å². The highest BCUT2D eigenvalue weighted by molar-refractivity contribution is 5.94. The van der Waals surface area contributed by atoms with Gasteiger partial charge in [0.05, 0.1) is 0 Å². The first-order chi connectivity index (χ1) is 10.3. The van der Waals surface area contributed by atoms with Gasteiger partial charge in [-0.2, -0.15) is 0 Å². The molecule has 0 aromatic heterocycles. The zero-order chi connectivity index (χ0) is 16.4.